The van der Waals surface area contributed by atoms with E-state index >= 15 is 0 Å². The van der Waals surface area contributed by atoms with Gasteiger partial charge >= 0.3 is 0 Å². The van der Waals surface area contributed by atoms with Gasteiger partial charge in [-0.15, -0.1) is 11.3 Å². The van der Waals surface area contributed by atoms with Gasteiger partial charge in [0.2, 0.25) is 0 Å². The third-order valence-corrected chi connectivity index (χ3v) is 5.23. The fourth-order valence-electron chi connectivity index (χ4n) is 2.28. The first-order valence-corrected chi connectivity index (χ1v) is 8.34. The Kier molecular flexibility index (Phi) is 4.45. The van der Waals surface area contributed by atoms with Gasteiger partial charge in [-0.2, -0.15) is 10.2 Å². The Morgan fingerprint density at radius 3 is 2.96 bits per heavy atom. The molecule has 3 rings (SSSR count). The fraction of sp³-hybridized carbons (Fsp3) is 0.188. The van der Waals surface area contributed by atoms with Gasteiger partial charge in [0.25, 0.3) is 5.91 Å². The van der Waals surface area contributed by atoms with E-state index in [1.54, 1.807) is 12.4 Å². The zero-order chi connectivity index (χ0) is 16.4. The summed E-state index contributed by atoms with van der Waals surface area (Å²) in [5.41, 5.74) is 4.40. The Morgan fingerprint density at radius 2 is 2.26 bits per heavy atom. The van der Waals surface area contributed by atoms with Crippen molar-refractivity contribution >= 4 is 45.1 Å². The molecule has 2 aromatic heterocycles. The molecule has 0 atom stereocenters. The minimum atomic E-state index is -0.312. The summed E-state index contributed by atoms with van der Waals surface area (Å²) in [6, 6.07) is 7.66. The van der Waals surface area contributed by atoms with Crippen molar-refractivity contribution in [3.05, 3.63) is 51.6 Å². The van der Waals surface area contributed by atoms with Gasteiger partial charge in [-0.3, -0.25) is 9.48 Å². The monoisotopic (exact) mass is 346 g/mol. The maximum absolute atomic E-state index is 12.3. The molecular formula is C16H15ClN4OS. The van der Waals surface area contributed by atoms with E-state index in [1.165, 1.54) is 11.3 Å². The number of halogens is 1. The van der Waals surface area contributed by atoms with Crippen molar-refractivity contribution in [2.75, 3.05) is 0 Å². The molecular weight excluding hydrogens is 332 g/mol. The largest absolute Gasteiger partial charge is 0.283 e. The summed E-state index contributed by atoms with van der Waals surface area (Å²) in [6.45, 7) is 4.78. The number of nitrogens with one attached hydrogen (secondary N) is 1. The smallest absolute Gasteiger partial charge is 0.269 e. The number of hydrogen-bond donors (Lipinski definition) is 1. The lowest BCUT2D eigenvalue weighted by atomic mass is 10.2. The number of hydrazone groups is 1. The van der Waals surface area contributed by atoms with E-state index < -0.39 is 0 Å². The van der Waals surface area contributed by atoms with Crippen LogP contribution in [0.2, 0.25) is 5.02 Å². The van der Waals surface area contributed by atoms with E-state index in [0.717, 1.165) is 27.9 Å². The van der Waals surface area contributed by atoms with Crippen molar-refractivity contribution in [3.63, 3.8) is 0 Å². The maximum Gasteiger partial charge on any atom is 0.283 e. The van der Waals surface area contributed by atoms with Crippen LogP contribution in [-0.2, 0) is 6.54 Å². The highest BCUT2D eigenvalue weighted by molar-refractivity contribution is 7.21. The second kappa shape index (κ2) is 6.52. The molecule has 23 heavy (non-hydrogen) atoms. The lowest BCUT2D eigenvalue weighted by molar-refractivity contribution is 0.0959. The molecule has 118 valence electrons. The molecule has 0 aliphatic heterocycles. The number of nitrogens with zero attached hydrogens (tertiary/aromatic N) is 3. The van der Waals surface area contributed by atoms with Crippen LogP contribution >= 0.6 is 22.9 Å². The number of carbonyl (C=O) groups is 1. The molecule has 0 saturated carbocycles. The number of thiophene rings is 1. The molecule has 1 amide bonds. The number of carbonyl (C=O) groups excluding carboxylic acids is 1. The summed E-state index contributed by atoms with van der Waals surface area (Å²) in [4.78, 5) is 12.7. The number of rotatable bonds is 4. The third kappa shape index (κ3) is 3.00. The normalized spacial score (nSPS) is 11.4. The molecule has 0 aliphatic carbocycles. The second-order valence-electron chi connectivity index (χ2n) is 4.94. The van der Waals surface area contributed by atoms with E-state index in [9.17, 15) is 4.79 Å². The summed E-state index contributed by atoms with van der Waals surface area (Å²) < 4.78 is 2.85. The quantitative estimate of drug-likeness (QED) is 0.576. The fourth-order valence-corrected chi connectivity index (χ4v) is 3.68. The highest BCUT2D eigenvalue weighted by Crippen LogP contribution is 2.34. The minimum absolute atomic E-state index is 0.312. The molecule has 0 fully saturated rings. The molecule has 7 heteroatoms. The Labute approximate surface area is 142 Å². The SMILES string of the molecule is CCn1ncc(/C=N\NC(=O)c2sc3ccccc3c2Cl)c1C. The van der Waals surface area contributed by atoms with Crippen LogP contribution in [0.15, 0.2) is 35.6 Å². The highest BCUT2D eigenvalue weighted by Gasteiger charge is 2.16. The number of fused-ring (bicyclic) bond motifs is 1. The van der Waals surface area contributed by atoms with Crippen LogP contribution in [0, 0.1) is 6.92 Å². The Morgan fingerprint density at radius 1 is 1.48 bits per heavy atom. The van der Waals surface area contributed by atoms with Crippen molar-refractivity contribution in [2.24, 2.45) is 5.10 Å². The molecule has 0 spiro atoms. The first kappa shape index (κ1) is 15.7. The van der Waals surface area contributed by atoms with E-state index in [-0.39, 0.29) is 5.91 Å². The van der Waals surface area contributed by atoms with Gasteiger partial charge < -0.3 is 0 Å². The van der Waals surface area contributed by atoms with Crippen LogP contribution in [0.3, 0.4) is 0 Å². The Bertz CT molecular complexity index is 897. The summed E-state index contributed by atoms with van der Waals surface area (Å²) in [7, 11) is 0. The summed E-state index contributed by atoms with van der Waals surface area (Å²) in [5, 5.41) is 9.58. The predicted molar refractivity (Wildman–Crippen MR) is 94.5 cm³/mol. The van der Waals surface area contributed by atoms with Crippen LogP contribution in [0.1, 0.15) is 27.9 Å². The van der Waals surface area contributed by atoms with Gasteiger partial charge in [0.1, 0.15) is 4.88 Å². The molecule has 1 N–H and O–H groups in total. The molecule has 3 aromatic rings. The van der Waals surface area contributed by atoms with Gasteiger partial charge in [0.05, 0.1) is 17.4 Å². The molecule has 5 nitrogen and oxygen atoms in total. The third-order valence-electron chi connectivity index (χ3n) is 3.55. The maximum atomic E-state index is 12.3. The van der Waals surface area contributed by atoms with Crippen LogP contribution in [-0.4, -0.2) is 21.9 Å². The average molecular weight is 347 g/mol. The van der Waals surface area contributed by atoms with Crippen LogP contribution in [0.4, 0.5) is 0 Å². The van der Waals surface area contributed by atoms with E-state index in [1.807, 2.05) is 42.8 Å². The van der Waals surface area contributed by atoms with Gasteiger partial charge in [0, 0.05) is 27.9 Å². The zero-order valence-corrected chi connectivity index (χ0v) is 14.3. The Balaban J connectivity index is 1.77. The summed E-state index contributed by atoms with van der Waals surface area (Å²) >= 11 is 7.63. The van der Waals surface area contributed by atoms with Crippen LogP contribution in [0.25, 0.3) is 10.1 Å². The molecule has 2 heterocycles. The minimum Gasteiger partial charge on any atom is -0.269 e. The highest BCUT2D eigenvalue weighted by atomic mass is 35.5. The van der Waals surface area contributed by atoms with Crippen LogP contribution < -0.4 is 5.43 Å². The number of aromatic nitrogens is 2. The number of aryl methyl sites for hydroxylation is 1. The summed E-state index contributed by atoms with van der Waals surface area (Å²) in [6.07, 6.45) is 3.31. The Hall–Kier alpha value is -2.18. The van der Waals surface area contributed by atoms with Gasteiger partial charge in [0.15, 0.2) is 0 Å². The predicted octanol–water partition coefficient (Wildman–Crippen LogP) is 3.84. The van der Waals surface area contributed by atoms with Crippen molar-refractivity contribution in [3.8, 4) is 0 Å². The topological polar surface area (TPSA) is 59.3 Å². The molecule has 0 unspecified atom stereocenters. The molecule has 0 saturated heterocycles. The van der Waals surface area contributed by atoms with E-state index in [0.29, 0.717) is 9.90 Å². The van der Waals surface area contributed by atoms with E-state index in [4.69, 9.17) is 11.6 Å². The lowest BCUT2D eigenvalue weighted by Gasteiger charge is -1.99. The average Bonchev–Trinajstić information content (AvgIpc) is 3.08. The van der Waals surface area contributed by atoms with Gasteiger partial charge in [-0.1, -0.05) is 29.8 Å². The summed E-state index contributed by atoms with van der Waals surface area (Å²) in [5.74, 6) is -0.312. The second-order valence-corrected chi connectivity index (χ2v) is 6.37. The number of benzene rings is 1. The van der Waals surface area contributed by atoms with E-state index in [2.05, 4.69) is 15.6 Å². The first-order valence-electron chi connectivity index (χ1n) is 7.14. The molecule has 0 aliphatic rings. The first-order chi connectivity index (χ1) is 11.1. The van der Waals surface area contributed by atoms with Crippen molar-refractivity contribution in [1.29, 1.82) is 0 Å². The number of amides is 1. The van der Waals surface area contributed by atoms with Crippen molar-refractivity contribution < 1.29 is 4.79 Å². The van der Waals surface area contributed by atoms with Crippen LogP contribution in [0.5, 0.6) is 0 Å². The molecule has 1 aromatic carbocycles. The van der Waals surface area contributed by atoms with Crippen molar-refractivity contribution in [1.82, 2.24) is 15.2 Å². The van der Waals surface area contributed by atoms with Crippen molar-refractivity contribution in [2.45, 2.75) is 20.4 Å². The lowest BCUT2D eigenvalue weighted by Crippen LogP contribution is -2.16. The number of hydrogen-bond acceptors (Lipinski definition) is 4. The van der Waals surface area contributed by atoms with Gasteiger partial charge in [-0.05, 0) is 19.9 Å². The standard InChI is InChI=1S/C16H15ClN4OS/c1-3-21-10(2)11(9-19-21)8-18-20-16(22)15-14(17)12-6-4-5-7-13(12)23-15/h4-9H,3H2,1-2H3,(H,20,22)/b18-8-. The zero-order valence-electron chi connectivity index (χ0n) is 12.7. The molecule has 0 bridgehead atoms. The molecule has 0 radical (unpaired) electrons. The van der Waals surface area contributed by atoms with Gasteiger partial charge in [-0.25, -0.2) is 5.43 Å².